The number of rotatable bonds is 5. The highest BCUT2D eigenvalue weighted by Gasteiger charge is 2.45. The lowest BCUT2D eigenvalue weighted by Gasteiger charge is -2.22. The first-order chi connectivity index (χ1) is 6.65. The molecule has 2 rings (SSSR count). The van der Waals surface area contributed by atoms with Crippen LogP contribution in [0, 0.1) is 5.41 Å². The van der Waals surface area contributed by atoms with Gasteiger partial charge in [0.2, 0.25) is 0 Å². The summed E-state index contributed by atoms with van der Waals surface area (Å²) in [5.74, 6) is 0.381. The van der Waals surface area contributed by atoms with Crippen molar-refractivity contribution >= 4 is 5.84 Å². The van der Waals surface area contributed by atoms with Crippen LogP contribution in [0.15, 0.2) is 5.16 Å². The lowest BCUT2D eigenvalue weighted by atomic mass is 10.0. The Hall–Kier alpha value is -0.770. The second kappa shape index (κ2) is 3.42. The first kappa shape index (κ1) is 9.77. The van der Waals surface area contributed by atoms with Gasteiger partial charge in [-0.15, -0.1) is 0 Å². The zero-order chi connectivity index (χ0) is 10.2. The Labute approximate surface area is 84.8 Å². The highest BCUT2D eigenvalue weighted by molar-refractivity contribution is 5.80. The fourth-order valence-corrected chi connectivity index (χ4v) is 2.16. The van der Waals surface area contributed by atoms with E-state index < -0.39 is 0 Å². The molecule has 0 aromatic rings. The van der Waals surface area contributed by atoms with Crippen LogP contribution in [0.25, 0.3) is 0 Å². The summed E-state index contributed by atoms with van der Waals surface area (Å²) in [5, 5.41) is 11.6. The smallest absolute Gasteiger partial charge is 0.139 e. The van der Waals surface area contributed by atoms with E-state index in [9.17, 15) is 0 Å². The summed E-state index contributed by atoms with van der Waals surface area (Å²) in [7, 11) is 2.18. The quantitative estimate of drug-likeness (QED) is 0.299. The summed E-state index contributed by atoms with van der Waals surface area (Å²) < 4.78 is 0. The fraction of sp³-hybridized carbons (Fsp3) is 0.900. The second-order valence-corrected chi connectivity index (χ2v) is 4.91. The van der Waals surface area contributed by atoms with E-state index in [0.29, 0.717) is 11.3 Å². The van der Waals surface area contributed by atoms with Crippen LogP contribution in [0.3, 0.4) is 0 Å². The molecule has 4 nitrogen and oxygen atoms in total. The number of amidine groups is 1. The minimum atomic E-state index is 0.327. The van der Waals surface area contributed by atoms with Crippen LogP contribution in [0.2, 0.25) is 0 Å². The van der Waals surface area contributed by atoms with Crippen molar-refractivity contribution in [2.45, 2.75) is 38.1 Å². The van der Waals surface area contributed by atoms with Crippen LogP contribution in [-0.4, -0.2) is 35.6 Å². The Balaban J connectivity index is 1.83. The molecular formula is C10H19N3O. The van der Waals surface area contributed by atoms with Crippen molar-refractivity contribution in [1.82, 2.24) is 4.90 Å². The van der Waals surface area contributed by atoms with E-state index in [4.69, 9.17) is 10.9 Å². The van der Waals surface area contributed by atoms with Crippen molar-refractivity contribution < 1.29 is 5.21 Å². The van der Waals surface area contributed by atoms with E-state index in [-0.39, 0.29) is 0 Å². The molecule has 2 fully saturated rings. The summed E-state index contributed by atoms with van der Waals surface area (Å²) in [6, 6.07) is 0.805. The zero-order valence-electron chi connectivity index (χ0n) is 8.74. The van der Waals surface area contributed by atoms with E-state index in [2.05, 4.69) is 17.1 Å². The Morgan fingerprint density at radius 3 is 2.64 bits per heavy atom. The zero-order valence-corrected chi connectivity index (χ0v) is 8.74. The minimum Gasteiger partial charge on any atom is -0.409 e. The molecule has 0 atom stereocenters. The van der Waals surface area contributed by atoms with Crippen LogP contribution in [0.4, 0.5) is 0 Å². The Morgan fingerprint density at radius 2 is 2.21 bits per heavy atom. The van der Waals surface area contributed by atoms with Crippen molar-refractivity contribution in [2.75, 3.05) is 13.6 Å². The standard InChI is InChI=1S/C10H19N3O/c1-13(8-2-3-8)7-10(4-5-10)6-9(11)12-14/h8,14H,2-7H2,1H3,(H2,11,12). The lowest BCUT2D eigenvalue weighted by molar-refractivity contribution is 0.254. The molecule has 0 amide bonds. The molecule has 0 aromatic carbocycles. The third kappa shape index (κ3) is 2.18. The summed E-state index contributed by atoms with van der Waals surface area (Å²) in [6.45, 7) is 1.11. The molecule has 0 aromatic heterocycles. The van der Waals surface area contributed by atoms with Crippen molar-refractivity contribution in [2.24, 2.45) is 16.3 Å². The molecule has 14 heavy (non-hydrogen) atoms. The van der Waals surface area contributed by atoms with Gasteiger partial charge in [-0.3, -0.25) is 0 Å². The van der Waals surface area contributed by atoms with Gasteiger partial charge in [-0.1, -0.05) is 5.16 Å². The van der Waals surface area contributed by atoms with Gasteiger partial charge in [0.15, 0.2) is 0 Å². The summed E-state index contributed by atoms with van der Waals surface area (Å²) in [5.41, 5.74) is 5.88. The number of nitrogens with zero attached hydrogens (tertiary/aromatic N) is 2. The fourth-order valence-electron chi connectivity index (χ4n) is 2.16. The highest BCUT2D eigenvalue weighted by atomic mass is 16.4. The molecule has 0 radical (unpaired) electrons. The third-order valence-corrected chi connectivity index (χ3v) is 3.40. The summed E-state index contributed by atoms with van der Waals surface area (Å²) in [4.78, 5) is 2.43. The molecule has 4 heteroatoms. The van der Waals surface area contributed by atoms with Gasteiger partial charge in [0.1, 0.15) is 5.84 Å². The molecule has 0 spiro atoms. The molecule has 0 unspecified atom stereocenters. The molecular weight excluding hydrogens is 178 g/mol. The normalized spacial score (nSPS) is 25.4. The van der Waals surface area contributed by atoms with Gasteiger partial charge in [-0.25, -0.2) is 0 Å². The van der Waals surface area contributed by atoms with Crippen molar-refractivity contribution in [1.29, 1.82) is 0 Å². The van der Waals surface area contributed by atoms with Gasteiger partial charge in [0.05, 0.1) is 0 Å². The lowest BCUT2D eigenvalue weighted by Crippen LogP contribution is -2.31. The first-order valence-electron chi connectivity index (χ1n) is 5.32. The third-order valence-electron chi connectivity index (χ3n) is 3.40. The largest absolute Gasteiger partial charge is 0.409 e. The predicted octanol–water partition coefficient (Wildman–Crippen LogP) is 0.997. The van der Waals surface area contributed by atoms with Gasteiger partial charge in [0, 0.05) is 19.0 Å². The Morgan fingerprint density at radius 1 is 1.57 bits per heavy atom. The molecule has 80 valence electrons. The highest BCUT2D eigenvalue weighted by Crippen LogP contribution is 2.50. The summed E-state index contributed by atoms with van der Waals surface area (Å²) in [6.07, 6.45) is 5.88. The van der Waals surface area contributed by atoms with E-state index in [1.54, 1.807) is 0 Å². The molecule has 0 aliphatic heterocycles. The van der Waals surface area contributed by atoms with E-state index in [0.717, 1.165) is 19.0 Å². The predicted molar refractivity (Wildman–Crippen MR) is 55.3 cm³/mol. The van der Waals surface area contributed by atoms with Crippen LogP contribution in [0.5, 0.6) is 0 Å². The van der Waals surface area contributed by atoms with E-state index in [1.807, 2.05) is 0 Å². The van der Waals surface area contributed by atoms with E-state index in [1.165, 1.54) is 25.7 Å². The van der Waals surface area contributed by atoms with Crippen LogP contribution >= 0.6 is 0 Å². The second-order valence-electron chi connectivity index (χ2n) is 4.91. The molecule has 2 saturated carbocycles. The summed E-state index contributed by atoms with van der Waals surface area (Å²) >= 11 is 0. The van der Waals surface area contributed by atoms with Gasteiger partial charge < -0.3 is 15.8 Å². The maximum atomic E-state index is 8.53. The molecule has 0 heterocycles. The number of nitrogens with two attached hydrogens (primary N) is 1. The SMILES string of the molecule is CN(CC1(CC(N)=NO)CC1)C1CC1. The van der Waals surface area contributed by atoms with Gasteiger partial charge in [-0.2, -0.15) is 0 Å². The molecule has 0 saturated heterocycles. The average Bonchev–Trinajstić information content (AvgIpc) is 2.97. The molecule has 2 aliphatic carbocycles. The molecule has 2 aliphatic rings. The molecule has 3 N–H and O–H groups in total. The first-order valence-corrected chi connectivity index (χ1v) is 5.32. The maximum Gasteiger partial charge on any atom is 0.139 e. The van der Waals surface area contributed by atoms with Crippen molar-refractivity contribution in [3.05, 3.63) is 0 Å². The minimum absolute atomic E-state index is 0.327. The number of oxime groups is 1. The number of hydrogen-bond acceptors (Lipinski definition) is 3. The molecule has 0 bridgehead atoms. The van der Waals surface area contributed by atoms with Gasteiger partial charge in [-0.05, 0) is 38.1 Å². The van der Waals surface area contributed by atoms with Crippen molar-refractivity contribution in [3.8, 4) is 0 Å². The topological polar surface area (TPSA) is 61.8 Å². The number of hydrogen-bond donors (Lipinski definition) is 2. The van der Waals surface area contributed by atoms with Crippen LogP contribution < -0.4 is 5.73 Å². The van der Waals surface area contributed by atoms with E-state index >= 15 is 0 Å². The van der Waals surface area contributed by atoms with Gasteiger partial charge in [0.25, 0.3) is 0 Å². The Kier molecular flexibility index (Phi) is 2.39. The van der Waals surface area contributed by atoms with Crippen LogP contribution in [-0.2, 0) is 0 Å². The Bertz CT molecular complexity index is 244. The van der Waals surface area contributed by atoms with Gasteiger partial charge >= 0.3 is 0 Å². The van der Waals surface area contributed by atoms with Crippen molar-refractivity contribution in [3.63, 3.8) is 0 Å². The monoisotopic (exact) mass is 197 g/mol. The maximum absolute atomic E-state index is 8.53. The van der Waals surface area contributed by atoms with Crippen LogP contribution in [0.1, 0.15) is 32.1 Å². The average molecular weight is 197 g/mol.